The van der Waals surface area contributed by atoms with E-state index in [1.54, 1.807) is 7.11 Å². The summed E-state index contributed by atoms with van der Waals surface area (Å²) in [6, 6.07) is 0.0375. The highest BCUT2D eigenvalue weighted by molar-refractivity contribution is 5.02. The van der Waals surface area contributed by atoms with Gasteiger partial charge in [0.25, 0.3) is 0 Å². The zero-order chi connectivity index (χ0) is 12.5. The molecule has 0 aliphatic heterocycles. The minimum Gasteiger partial charge on any atom is -0.382 e. The number of hydrogen-bond donors (Lipinski definition) is 1. The van der Waals surface area contributed by atoms with Gasteiger partial charge in [-0.3, -0.25) is 0 Å². The van der Waals surface area contributed by atoms with E-state index in [2.05, 4.69) is 9.55 Å². The van der Waals surface area contributed by atoms with Gasteiger partial charge in [0.15, 0.2) is 0 Å². The number of ether oxygens (including phenoxy) is 2. The highest BCUT2D eigenvalue weighted by Gasteiger charge is 2.05. The van der Waals surface area contributed by atoms with Crippen molar-refractivity contribution >= 4 is 0 Å². The summed E-state index contributed by atoms with van der Waals surface area (Å²) in [7, 11) is 1.68. The molecule has 0 spiro atoms. The van der Waals surface area contributed by atoms with Gasteiger partial charge in [-0.15, -0.1) is 0 Å². The van der Waals surface area contributed by atoms with Gasteiger partial charge in [0.1, 0.15) is 0 Å². The Balaban J connectivity index is 2.11. The quantitative estimate of drug-likeness (QED) is 0.663. The van der Waals surface area contributed by atoms with Gasteiger partial charge in [0.2, 0.25) is 0 Å². The number of aromatic nitrogens is 2. The Labute approximate surface area is 103 Å². The van der Waals surface area contributed by atoms with Crippen molar-refractivity contribution in [3.8, 4) is 0 Å². The van der Waals surface area contributed by atoms with Crippen LogP contribution in [0.3, 0.4) is 0 Å². The maximum atomic E-state index is 5.84. The smallest absolute Gasteiger partial charge is 0.0948 e. The molecule has 0 saturated carbocycles. The lowest BCUT2D eigenvalue weighted by Gasteiger charge is -2.10. The van der Waals surface area contributed by atoms with E-state index in [-0.39, 0.29) is 6.04 Å². The van der Waals surface area contributed by atoms with Crippen LogP contribution in [-0.4, -0.2) is 36.5 Å². The van der Waals surface area contributed by atoms with Crippen molar-refractivity contribution < 1.29 is 9.47 Å². The van der Waals surface area contributed by atoms with Crippen molar-refractivity contribution in [2.45, 2.75) is 32.4 Å². The first-order valence-electron chi connectivity index (χ1n) is 6.08. The first kappa shape index (κ1) is 14.2. The minimum atomic E-state index is 0.0375. The van der Waals surface area contributed by atoms with Gasteiger partial charge in [-0.05, 0) is 19.8 Å². The number of imidazole rings is 1. The third-order valence-electron chi connectivity index (χ3n) is 2.58. The Morgan fingerprint density at radius 3 is 2.88 bits per heavy atom. The lowest BCUT2D eigenvalue weighted by atomic mass is 10.2. The number of methoxy groups -OCH3 is 1. The molecule has 0 amide bonds. The molecule has 0 fully saturated rings. The molecule has 1 unspecified atom stereocenters. The number of nitrogens with two attached hydrogens (primary N) is 1. The molecule has 0 aliphatic carbocycles. The van der Waals surface area contributed by atoms with Crippen LogP contribution in [0.2, 0.25) is 0 Å². The number of aryl methyl sites for hydroxylation is 1. The Morgan fingerprint density at radius 1 is 1.35 bits per heavy atom. The van der Waals surface area contributed by atoms with Crippen molar-refractivity contribution in [1.82, 2.24) is 9.55 Å². The fourth-order valence-corrected chi connectivity index (χ4v) is 1.63. The van der Waals surface area contributed by atoms with E-state index in [9.17, 15) is 0 Å². The first-order valence-corrected chi connectivity index (χ1v) is 6.08. The second-order valence-electron chi connectivity index (χ2n) is 4.11. The third-order valence-corrected chi connectivity index (χ3v) is 2.58. The third kappa shape index (κ3) is 5.30. The van der Waals surface area contributed by atoms with Crippen molar-refractivity contribution in [2.75, 3.05) is 26.9 Å². The minimum absolute atomic E-state index is 0.0375. The first-order chi connectivity index (χ1) is 8.25. The van der Waals surface area contributed by atoms with E-state index in [0.29, 0.717) is 13.2 Å². The number of rotatable bonds is 9. The summed E-state index contributed by atoms with van der Waals surface area (Å²) in [4.78, 5) is 4.12. The van der Waals surface area contributed by atoms with Gasteiger partial charge in [-0.1, -0.05) is 0 Å². The van der Waals surface area contributed by atoms with Crippen LogP contribution in [0.25, 0.3) is 0 Å². The van der Waals surface area contributed by atoms with E-state index in [1.807, 2.05) is 19.4 Å². The normalized spacial score (nSPS) is 12.9. The molecular weight excluding hydrogens is 218 g/mol. The van der Waals surface area contributed by atoms with Crippen molar-refractivity contribution in [3.63, 3.8) is 0 Å². The zero-order valence-corrected chi connectivity index (χ0v) is 10.8. The van der Waals surface area contributed by atoms with Crippen LogP contribution in [0.5, 0.6) is 0 Å². The van der Waals surface area contributed by atoms with Gasteiger partial charge in [-0.25, -0.2) is 4.98 Å². The van der Waals surface area contributed by atoms with E-state index >= 15 is 0 Å². The second-order valence-corrected chi connectivity index (χ2v) is 4.11. The SMILES string of the molecule is COCCOCCCCn1cncc1C(C)N. The fraction of sp³-hybridized carbons (Fsp3) is 0.750. The van der Waals surface area contributed by atoms with E-state index < -0.39 is 0 Å². The Morgan fingerprint density at radius 2 is 2.18 bits per heavy atom. The highest BCUT2D eigenvalue weighted by Crippen LogP contribution is 2.09. The summed E-state index contributed by atoms with van der Waals surface area (Å²) in [6.07, 6.45) is 5.79. The monoisotopic (exact) mass is 241 g/mol. The van der Waals surface area contributed by atoms with Crippen molar-refractivity contribution in [3.05, 3.63) is 18.2 Å². The van der Waals surface area contributed by atoms with E-state index in [1.165, 1.54) is 0 Å². The molecule has 0 aliphatic rings. The highest BCUT2D eigenvalue weighted by atomic mass is 16.5. The fourth-order valence-electron chi connectivity index (χ4n) is 1.63. The summed E-state index contributed by atoms with van der Waals surface area (Å²) < 4.78 is 12.4. The predicted molar refractivity (Wildman–Crippen MR) is 66.8 cm³/mol. The average Bonchev–Trinajstić information content (AvgIpc) is 2.76. The van der Waals surface area contributed by atoms with Gasteiger partial charge < -0.3 is 19.8 Å². The molecule has 1 aromatic heterocycles. The number of nitrogens with zero attached hydrogens (tertiary/aromatic N) is 2. The summed E-state index contributed by atoms with van der Waals surface area (Å²) in [5, 5.41) is 0. The zero-order valence-electron chi connectivity index (χ0n) is 10.8. The van der Waals surface area contributed by atoms with Crippen LogP contribution in [0.1, 0.15) is 31.5 Å². The van der Waals surface area contributed by atoms with Crippen LogP contribution in [0, 0.1) is 0 Å². The van der Waals surface area contributed by atoms with Crippen LogP contribution in [0.4, 0.5) is 0 Å². The topological polar surface area (TPSA) is 62.3 Å². The molecule has 2 N–H and O–H groups in total. The Bertz CT molecular complexity index is 300. The molecule has 5 heteroatoms. The van der Waals surface area contributed by atoms with Gasteiger partial charge >= 0.3 is 0 Å². The lowest BCUT2D eigenvalue weighted by molar-refractivity contribution is 0.0684. The summed E-state index contributed by atoms with van der Waals surface area (Å²) >= 11 is 0. The maximum Gasteiger partial charge on any atom is 0.0948 e. The predicted octanol–water partition coefficient (Wildman–Crippen LogP) is 1.35. The van der Waals surface area contributed by atoms with Gasteiger partial charge in [0, 0.05) is 32.5 Å². The molecule has 17 heavy (non-hydrogen) atoms. The average molecular weight is 241 g/mol. The van der Waals surface area contributed by atoms with Crippen LogP contribution < -0.4 is 5.73 Å². The standard InChI is InChI=1S/C12H23N3O2/c1-11(13)12-9-14-10-15(12)5-3-4-6-17-8-7-16-2/h9-11H,3-8,13H2,1-2H3. The molecule has 0 aromatic carbocycles. The second kappa shape index (κ2) is 8.22. The summed E-state index contributed by atoms with van der Waals surface area (Å²) in [5.41, 5.74) is 6.93. The molecule has 1 heterocycles. The Kier molecular flexibility index (Phi) is 6.84. The number of hydrogen-bond acceptors (Lipinski definition) is 4. The molecule has 0 bridgehead atoms. The molecule has 1 atom stereocenters. The van der Waals surface area contributed by atoms with E-state index in [4.69, 9.17) is 15.2 Å². The Hall–Kier alpha value is -0.910. The van der Waals surface area contributed by atoms with Gasteiger partial charge in [0.05, 0.1) is 25.2 Å². The summed E-state index contributed by atoms with van der Waals surface area (Å²) in [6.45, 7) is 5.04. The maximum absolute atomic E-state index is 5.84. The van der Waals surface area contributed by atoms with Crippen LogP contribution >= 0.6 is 0 Å². The summed E-state index contributed by atoms with van der Waals surface area (Å²) in [5.74, 6) is 0. The molecule has 0 saturated heterocycles. The molecule has 0 radical (unpaired) electrons. The lowest BCUT2D eigenvalue weighted by Crippen LogP contribution is -2.12. The molecule has 5 nitrogen and oxygen atoms in total. The largest absolute Gasteiger partial charge is 0.382 e. The molecular formula is C12H23N3O2. The van der Waals surface area contributed by atoms with E-state index in [0.717, 1.165) is 31.7 Å². The van der Waals surface area contributed by atoms with Crippen molar-refractivity contribution in [2.24, 2.45) is 5.73 Å². The molecule has 1 rings (SSSR count). The van der Waals surface area contributed by atoms with Crippen molar-refractivity contribution in [1.29, 1.82) is 0 Å². The molecule has 1 aromatic rings. The van der Waals surface area contributed by atoms with Crippen LogP contribution in [-0.2, 0) is 16.0 Å². The number of unbranched alkanes of at least 4 members (excludes halogenated alkanes) is 1. The molecule has 98 valence electrons. The van der Waals surface area contributed by atoms with Crippen LogP contribution in [0.15, 0.2) is 12.5 Å². The van der Waals surface area contributed by atoms with Gasteiger partial charge in [-0.2, -0.15) is 0 Å².